The first-order chi connectivity index (χ1) is 9.67. The molecule has 2 amide bonds. The quantitative estimate of drug-likeness (QED) is 0.894. The van der Waals surface area contributed by atoms with E-state index in [1.54, 1.807) is 32.9 Å². The molecule has 0 aromatic heterocycles. The number of alkyl carbamates (subject to hydrolysis) is 1. The first-order valence-corrected chi connectivity index (χ1v) is 7.08. The lowest BCUT2D eigenvalue weighted by Crippen LogP contribution is -2.34. The fourth-order valence-electron chi connectivity index (χ4n) is 1.53. The highest BCUT2D eigenvalue weighted by Crippen LogP contribution is 2.22. The zero-order chi connectivity index (χ0) is 16.0. The summed E-state index contributed by atoms with van der Waals surface area (Å²) in [4.78, 5) is 23.2. The number of benzene rings is 1. The highest BCUT2D eigenvalue weighted by molar-refractivity contribution is 6.33. The van der Waals surface area contributed by atoms with Crippen LogP contribution in [0.2, 0.25) is 5.02 Å². The van der Waals surface area contributed by atoms with E-state index in [4.69, 9.17) is 16.3 Å². The Morgan fingerprint density at radius 2 is 1.95 bits per heavy atom. The van der Waals surface area contributed by atoms with Gasteiger partial charge in [0.25, 0.3) is 0 Å². The third-order valence-electron chi connectivity index (χ3n) is 2.42. The molecule has 1 rings (SSSR count). The molecule has 0 unspecified atom stereocenters. The molecule has 116 valence electrons. The summed E-state index contributed by atoms with van der Waals surface area (Å²) in [6, 6.07) is 5.38. The van der Waals surface area contributed by atoms with Crippen molar-refractivity contribution >= 4 is 29.3 Å². The second-order valence-electron chi connectivity index (χ2n) is 5.71. The Labute approximate surface area is 130 Å². The number of anilines is 1. The summed E-state index contributed by atoms with van der Waals surface area (Å²) in [7, 11) is 0. The molecular weight excluding hydrogens is 292 g/mol. The number of carbonyl (C=O) groups excluding carboxylic acids is 2. The van der Waals surface area contributed by atoms with Gasteiger partial charge in [-0.3, -0.25) is 4.79 Å². The zero-order valence-electron chi connectivity index (χ0n) is 12.7. The van der Waals surface area contributed by atoms with Gasteiger partial charge in [0.15, 0.2) is 0 Å². The number of ether oxygens (including phenoxy) is 1. The minimum absolute atomic E-state index is 0.142. The molecule has 0 aliphatic heterocycles. The number of amides is 2. The Hall–Kier alpha value is -1.75. The summed E-state index contributed by atoms with van der Waals surface area (Å²) >= 11 is 6.03. The summed E-state index contributed by atoms with van der Waals surface area (Å²) < 4.78 is 5.07. The van der Waals surface area contributed by atoms with Crippen LogP contribution in [0.5, 0.6) is 0 Å². The fourth-order valence-corrected chi connectivity index (χ4v) is 1.81. The second-order valence-corrected chi connectivity index (χ2v) is 6.12. The molecule has 0 aliphatic carbocycles. The molecule has 0 saturated carbocycles. The zero-order valence-corrected chi connectivity index (χ0v) is 13.5. The molecule has 0 atom stereocenters. The van der Waals surface area contributed by atoms with Crippen LogP contribution >= 0.6 is 11.6 Å². The minimum atomic E-state index is -0.554. The third-order valence-corrected chi connectivity index (χ3v) is 2.73. The van der Waals surface area contributed by atoms with Crippen LogP contribution < -0.4 is 10.6 Å². The smallest absolute Gasteiger partial charge is 0.407 e. The van der Waals surface area contributed by atoms with Crippen molar-refractivity contribution in [2.75, 3.05) is 11.9 Å². The molecule has 0 heterocycles. The van der Waals surface area contributed by atoms with Crippen molar-refractivity contribution in [1.29, 1.82) is 0 Å². The predicted octanol–water partition coefficient (Wildman–Crippen LogP) is 3.50. The summed E-state index contributed by atoms with van der Waals surface area (Å²) in [5.74, 6) is -0.225. The lowest BCUT2D eigenvalue weighted by Gasteiger charge is -2.19. The maximum atomic E-state index is 11.8. The molecule has 6 heteroatoms. The molecule has 0 bridgehead atoms. The number of hydrogen-bond acceptors (Lipinski definition) is 3. The Morgan fingerprint density at radius 1 is 1.29 bits per heavy atom. The van der Waals surface area contributed by atoms with E-state index in [-0.39, 0.29) is 18.9 Å². The van der Waals surface area contributed by atoms with Gasteiger partial charge in [-0.2, -0.15) is 0 Å². The van der Waals surface area contributed by atoms with Gasteiger partial charge in [0.2, 0.25) is 5.91 Å². The molecular formula is C15H21ClN2O3. The maximum Gasteiger partial charge on any atom is 0.407 e. The van der Waals surface area contributed by atoms with E-state index in [2.05, 4.69) is 10.6 Å². The van der Waals surface area contributed by atoms with Crippen LogP contribution in [0.15, 0.2) is 18.2 Å². The van der Waals surface area contributed by atoms with Gasteiger partial charge in [0.1, 0.15) is 5.60 Å². The largest absolute Gasteiger partial charge is 0.444 e. The van der Waals surface area contributed by atoms with Crippen LogP contribution in [-0.2, 0) is 9.53 Å². The topological polar surface area (TPSA) is 67.4 Å². The van der Waals surface area contributed by atoms with Gasteiger partial charge in [0.05, 0.1) is 10.7 Å². The normalized spacial score (nSPS) is 10.9. The van der Waals surface area contributed by atoms with E-state index in [1.807, 2.05) is 13.0 Å². The number of halogens is 1. The molecule has 0 fully saturated rings. The highest BCUT2D eigenvalue weighted by Gasteiger charge is 2.16. The van der Waals surface area contributed by atoms with Crippen LogP contribution in [0.25, 0.3) is 0 Å². The van der Waals surface area contributed by atoms with E-state index >= 15 is 0 Å². The van der Waals surface area contributed by atoms with Crippen molar-refractivity contribution in [2.45, 2.75) is 39.7 Å². The van der Waals surface area contributed by atoms with E-state index < -0.39 is 11.7 Å². The van der Waals surface area contributed by atoms with Crippen LogP contribution in [0, 0.1) is 6.92 Å². The number of aryl methyl sites for hydroxylation is 1. The summed E-state index contributed by atoms with van der Waals surface area (Å²) in [6.45, 7) is 7.45. The van der Waals surface area contributed by atoms with Crippen LogP contribution in [-0.4, -0.2) is 24.1 Å². The van der Waals surface area contributed by atoms with Crippen molar-refractivity contribution in [3.05, 3.63) is 28.8 Å². The SMILES string of the molecule is Cc1ccc(NC(=O)CCNC(=O)OC(C)(C)C)c(Cl)c1. The predicted molar refractivity (Wildman–Crippen MR) is 83.7 cm³/mol. The lowest BCUT2D eigenvalue weighted by molar-refractivity contribution is -0.116. The van der Waals surface area contributed by atoms with E-state index in [1.165, 1.54) is 0 Å². The molecule has 0 aliphatic rings. The number of nitrogens with one attached hydrogen (secondary N) is 2. The molecule has 0 saturated heterocycles. The Morgan fingerprint density at radius 3 is 2.52 bits per heavy atom. The highest BCUT2D eigenvalue weighted by atomic mass is 35.5. The number of carbonyl (C=O) groups is 2. The summed E-state index contributed by atoms with van der Waals surface area (Å²) in [5.41, 5.74) is 1.02. The van der Waals surface area contributed by atoms with Gasteiger partial charge >= 0.3 is 6.09 Å². The summed E-state index contributed by atoms with van der Waals surface area (Å²) in [5, 5.41) is 5.71. The average molecular weight is 313 g/mol. The Bertz CT molecular complexity index is 524. The van der Waals surface area contributed by atoms with Crippen molar-refractivity contribution in [1.82, 2.24) is 5.32 Å². The molecule has 5 nitrogen and oxygen atoms in total. The molecule has 1 aromatic rings. The number of hydrogen-bond donors (Lipinski definition) is 2. The first kappa shape index (κ1) is 17.3. The second kappa shape index (κ2) is 7.31. The Balaban J connectivity index is 2.36. The molecule has 2 N–H and O–H groups in total. The number of rotatable bonds is 4. The van der Waals surface area contributed by atoms with Crippen molar-refractivity contribution in [2.24, 2.45) is 0 Å². The van der Waals surface area contributed by atoms with Gasteiger partial charge in [-0.1, -0.05) is 17.7 Å². The lowest BCUT2D eigenvalue weighted by atomic mass is 10.2. The minimum Gasteiger partial charge on any atom is -0.444 e. The maximum absolute atomic E-state index is 11.8. The van der Waals surface area contributed by atoms with E-state index in [0.717, 1.165) is 5.56 Å². The van der Waals surface area contributed by atoms with Crippen LogP contribution in [0.4, 0.5) is 10.5 Å². The van der Waals surface area contributed by atoms with Gasteiger partial charge in [-0.15, -0.1) is 0 Å². The van der Waals surface area contributed by atoms with Gasteiger partial charge in [-0.05, 0) is 45.4 Å². The monoisotopic (exact) mass is 312 g/mol. The standard InChI is InChI=1S/C15H21ClN2O3/c1-10-5-6-12(11(16)9-10)18-13(19)7-8-17-14(20)21-15(2,3)4/h5-6,9H,7-8H2,1-4H3,(H,17,20)(H,18,19). The van der Waals surface area contributed by atoms with Gasteiger partial charge in [-0.25, -0.2) is 4.79 Å². The van der Waals surface area contributed by atoms with Gasteiger partial charge in [0, 0.05) is 13.0 Å². The van der Waals surface area contributed by atoms with E-state index in [9.17, 15) is 9.59 Å². The van der Waals surface area contributed by atoms with Gasteiger partial charge < -0.3 is 15.4 Å². The van der Waals surface area contributed by atoms with Crippen LogP contribution in [0.3, 0.4) is 0 Å². The molecule has 21 heavy (non-hydrogen) atoms. The molecule has 0 radical (unpaired) electrons. The van der Waals surface area contributed by atoms with Crippen molar-refractivity contribution < 1.29 is 14.3 Å². The molecule has 0 spiro atoms. The fraction of sp³-hybridized carbons (Fsp3) is 0.467. The first-order valence-electron chi connectivity index (χ1n) is 6.70. The van der Waals surface area contributed by atoms with Crippen LogP contribution in [0.1, 0.15) is 32.8 Å². The molecule has 1 aromatic carbocycles. The summed E-state index contributed by atoms with van der Waals surface area (Å²) in [6.07, 6.45) is -0.396. The average Bonchev–Trinajstić information content (AvgIpc) is 2.30. The van der Waals surface area contributed by atoms with Crippen molar-refractivity contribution in [3.8, 4) is 0 Å². The third kappa shape index (κ3) is 6.99. The van der Waals surface area contributed by atoms with E-state index in [0.29, 0.717) is 10.7 Å². The van der Waals surface area contributed by atoms with Crippen molar-refractivity contribution in [3.63, 3.8) is 0 Å². The Kier molecular flexibility index (Phi) is 6.03.